The van der Waals surface area contributed by atoms with Crippen LogP contribution in [-0.4, -0.2) is 0 Å². The molecule has 0 saturated heterocycles. The van der Waals surface area contributed by atoms with Crippen molar-refractivity contribution in [3.63, 3.8) is 0 Å². The number of hydrogen-bond donors (Lipinski definition) is 0. The summed E-state index contributed by atoms with van der Waals surface area (Å²) in [6.45, 7) is 4.66. The van der Waals surface area contributed by atoms with Crippen LogP contribution in [0.15, 0.2) is 0 Å². The van der Waals surface area contributed by atoms with Crippen LogP contribution >= 0.6 is 0 Å². The van der Waals surface area contributed by atoms with E-state index in [4.69, 9.17) is 0 Å². The van der Waals surface area contributed by atoms with Crippen LogP contribution in [0.3, 0.4) is 0 Å². The van der Waals surface area contributed by atoms with Gasteiger partial charge in [0.25, 0.3) is 0 Å². The van der Waals surface area contributed by atoms with Crippen molar-refractivity contribution >= 4 is 0 Å². The molecule has 2 rings (SSSR count). The third-order valence-corrected chi connectivity index (χ3v) is 9.09. The van der Waals surface area contributed by atoms with E-state index >= 15 is 0 Å². The summed E-state index contributed by atoms with van der Waals surface area (Å²) in [5.74, 6) is 4.42. The molecule has 0 heterocycles. The van der Waals surface area contributed by atoms with Crippen LogP contribution in [0.4, 0.5) is 0 Å². The molecule has 2 aliphatic rings. The van der Waals surface area contributed by atoms with Crippen LogP contribution in [-0.2, 0) is 0 Å². The van der Waals surface area contributed by atoms with Gasteiger partial charge in [0.05, 0.1) is 0 Å². The van der Waals surface area contributed by atoms with Gasteiger partial charge in [-0.3, -0.25) is 0 Å². The SMILES string of the molecule is CCCCCCCCCCC(CCCCCCCCCC)C1CCCC2CCCCC21. The highest BCUT2D eigenvalue weighted by molar-refractivity contribution is 4.88. The van der Waals surface area contributed by atoms with E-state index in [0.717, 1.165) is 23.7 Å². The van der Waals surface area contributed by atoms with Gasteiger partial charge in [0.15, 0.2) is 0 Å². The van der Waals surface area contributed by atoms with E-state index in [1.807, 2.05) is 0 Å². The summed E-state index contributed by atoms with van der Waals surface area (Å²) >= 11 is 0. The largest absolute Gasteiger partial charge is 0.0654 e. The summed E-state index contributed by atoms with van der Waals surface area (Å²) in [5, 5.41) is 0. The van der Waals surface area contributed by atoms with Crippen molar-refractivity contribution in [3.05, 3.63) is 0 Å². The van der Waals surface area contributed by atoms with Crippen molar-refractivity contribution in [2.75, 3.05) is 0 Å². The maximum Gasteiger partial charge on any atom is -0.0355 e. The fourth-order valence-electron chi connectivity index (χ4n) is 7.23. The Balaban J connectivity index is 1.70. The lowest BCUT2D eigenvalue weighted by molar-refractivity contribution is 0.0554. The van der Waals surface area contributed by atoms with E-state index < -0.39 is 0 Å². The van der Waals surface area contributed by atoms with E-state index in [0.29, 0.717) is 0 Å². The molecule has 184 valence electrons. The molecule has 0 aliphatic heterocycles. The molecule has 3 unspecified atom stereocenters. The van der Waals surface area contributed by atoms with E-state index in [2.05, 4.69) is 13.8 Å². The van der Waals surface area contributed by atoms with Crippen LogP contribution < -0.4 is 0 Å². The fraction of sp³-hybridized carbons (Fsp3) is 1.00. The average Bonchev–Trinajstić information content (AvgIpc) is 2.81. The number of hydrogen-bond acceptors (Lipinski definition) is 0. The standard InChI is InChI=1S/C31H60/c1-3-5-7-9-11-13-15-17-22-28(23-18-16-14-12-10-8-6-4-2)31-27-21-25-29-24-19-20-26-30(29)31/h28-31H,3-27H2,1-2H3. The van der Waals surface area contributed by atoms with Crippen molar-refractivity contribution < 1.29 is 0 Å². The van der Waals surface area contributed by atoms with E-state index in [1.165, 1.54) is 109 Å². The van der Waals surface area contributed by atoms with Crippen molar-refractivity contribution in [3.8, 4) is 0 Å². The molecule has 0 radical (unpaired) electrons. The van der Waals surface area contributed by atoms with Crippen LogP contribution in [0.5, 0.6) is 0 Å². The Hall–Kier alpha value is 0. The molecule has 0 aromatic rings. The van der Waals surface area contributed by atoms with Crippen molar-refractivity contribution in [1.82, 2.24) is 0 Å². The van der Waals surface area contributed by atoms with E-state index in [-0.39, 0.29) is 0 Å². The third-order valence-electron chi connectivity index (χ3n) is 9.09. The maximum absolute atomic E-state index is 2.33. The molecular formula is C31H60. The molecule has 0 spiro atoms. The zero-order valence-corrected chi connectivity index (χ0v) is 22.0. The predicted octanol–water partition coefficient (Wildman–Crippen LogP) is 11.3. The number of fused-ring (bicyclic) bond motifs is 1. The second-order valence-corrected chi connectivity index (χ2v) is 11.6. The van der Waals surface area contributed by atoms with E-state index in [1.54, 1.807) is 51.4 Å². The molecule has 0 aromatic carbocycles. The monoisotopic (exact) mass is 432 g/mol. The van der Waals surface area contributed by atoms with Crippen LogP contribution in [0, 0.1) is 23.7 Å². The van der Waals surface area contributed by atoms with Gasteiger partial charge in [-0.2, -0.15) is 0 Å². The van der Waals surface area contributed by atoms with Gasteiger partial charge < -0.3 is 0 Å². The maximum atomic E-state index is 2.33. The summed E-state index contributed by atoms with van der Waals surface area (Å²) in [7, 11) is 0. The van der Waals surface area contributed by atoms with Gasteiger partial charge >= 0.3 is 0 Å². The summed E-state index contributed by atoms with van der Waals surface area (Å²) in [5.41, 5.74) is 0. The fourth-order valence-corrected chi connectivity index (χ4v) is 7.23. The lowest BCUT2D eigenvalue weighted by atomic mass is 9.61. The van der Waals surface area contributed by atoms with Crippen LogP contribution in [0.25, 0.3) is 0 Å². The molecule has 2 saturated carbocycles. The Bertz CT molecular complexity index is 363. The van der Waals surface area contributed by atoms with Gasteiger partial charge in [-0.25, -0.2) is 0 Å². The first-order chi connectivity index (χ1) is 15.4. The third kappa shape index (κ3) is 11.6. The van der Waals surface area contributed by atoms with Crippen LogP contribution in [0.2, 0.25) is 0 Å². The first-order valence-corrected chi connectivity index (χ1v) is 15.4. The minimum Gasteiger partial charge on any atom is -0.0654 e. The van der Waals surface area contributed by atoms with Crippen molar-refractivity contribution in [2.24, 2.45) is 23.7 Å². The molecule has 0 bridgehead atoms. The highest BCUT2D eigenvalue weighted by Gasteiger charge is 2.38. The molecule has 0 N–H and O–H groups in total. The molecule has 2 aliphatic carbocycles. The minimum absolute atomic E-state index is 1.08. The summed E-state index contributed by atoms with van der Waals surface area (Å²) in [6.07, 6.45) is 37.8. The summed E-state index contributed by atoms with van der Waals surface area (Å²) in [4.78, 5) is 0. The van der Waals surface area contributed by atoms with Crippen LogP contribution in [0.1, 0.15) is 174 Å². The minimum atomic E-state index is 1.08. The number of rotatable bonds is 19. The van der Waals surface area contributed by atoms with Crippen molar-refractivity contribution in [1.29, 1.82) is 0 Å². The Morgan fingerprint density at radius 1 is 0.484 bits per heavy atom. The average molecular weight is 433 g/mol. The van der Waals surface area contributed by atoms with Crippen molar-refractivity contribution in [2.45, 2.75) is 174 Å². The molecule has 0 amide bonds. The van der Waals surface area contributed by atoms with Gasteiger partial charge in [0.1, 0.15) is 0 Å². The second kappa shape index (κ2) is 18.4. The Morgan fingerprint density at radius 2 is 0.935 bits per heavy atom. The highest BCUT2D eigenvalue weighted by atomic mass is 14.4. The molecule has 0 nitrogen and oxygen atoms in total. The molecule has 31 heavy (non-hydrogen) atoms. The quantitative estimate of drug-likeness (QED) is 0.178. The lowest BCUT2D eigenvalue weighted by Crippen LogP contribution is -2.35. The number of unbranched alkanes of at least 4 members (excludes halogenated alkanes) is 14. The summed E-state index contributed by atoms with van der Waals surface area (Å²) < 4.78 is 0. The molecule has 3 atom stereocenters. The van der Waals surface area contributed by atoms with Gasteiger partial charge in [-0.05, 0) is 36.5 Å². The predicted molar refractivity (Wildman–Crippen MR) is 141 cm³/mol. The zero-order chi connectivity index (χ0) is 22.0. The van der Waals surface area contributed by atoms with Gasteiger partial charge in [0, 0.05) is 0 Å². The first kappa shape index (κ1) is 27.2. The summed E-state index contributed by atoms with van der Waals surface area (Å²) in [6, 6.07) is 0. The van der Waals surface area contributed by atoms with Gasteiger partial charge in [-0.15, -0.1) is 0 Å². The lowest BCUT2D eigenvalue weighted by Gasteiger charge is -2.45. The Morgan fingerprint density at radius 3 is 1.48 bits per heavy atom. The molecule has 0 heteroatoms. The topological polar surface area (TPSA) is 0 Å². The first-order valence-electron chi connectivity index (χ1n) is 15.4. The smallest absolute Gasteiger partial charge is 0.0355 e. The zero-order valence-electron chi connectivity index (χ0n) is 22.0. The molecule has 2 fully saturated rings. The molecule has 0 aromatic heterocycles. The Labute approximate surface area is 198 Å². The Kier molecular flexibility index (Phi) is 16.2. The van der Waals surface area contributed by atoms with E-state index in [9.17, 15) is 0 Å². The van der Waals surface area contributed by atoms with Gasteiger partial charge in [-0.1, -0.05) is 162 Å². The van der Waals surface area contributed by atoms with Gasteiger partial charge in [0.2, 0.25) is 0 Å². The highest BCUT2D eigenvalue weighted by Crippen LogP contribution is 2.48. The molecular weight excluding hydrogens is 372 g/mol. The normalized spacial score (nSPS) is 23.9. The second-order valence-electron chi connectivity index (χ2n) is 11.6.